The third kappa shape index (κ3) is 5.93. The van der Waals surface area contributed by atoms with Crippen molar-refractivity contribution < 1.29 is 31.4 Å². The second-order valence-electron chi connectivity index (χ2n) is 9.01. The molecular weight excluding hydrogens is 520 g/mol. The van der Waals surface area contributed by atoms with Crippen molar-refractivity contribution in [3.8, 4) is 11.1 Å². The number of halogens is 7. The third-order valence-electron chi connectivity index (χ3n) is 6.50. The van der Waals surface area contributed by atoms with Crippen LogP contribution in [0, 0.1) is 0 Å². The molecule has 0 bridgehead atoms. The van der Waals surface area contributed by atoms with E-state index in [0.717, 1.165) is 44.4 Å². The molecule has 1 saturated heterocycles. The molecule has 0 spiro atoms. The van der Waals surface area contributed by atoms with E-state index in [9.17, 15) is 31.4 Å². The van der Waals surface area contributed by atoms with Crippen molar-refractivity contribution >= 4 is 11.6 Å². The fourth-order valence-electron chi connectivity index (χ4n) is 4.36. The summed E-state index contributed by atoms with van der Waals surface area (Å²) in [5, 5.41) is 9.27. The third-order valence-corrected chi connectivity index (χ3v) is 6.81. The molecule has 0 aliphatic carbocycles. The first kappa shape index (κ1) is 27.4. The average Bonchev–Trinajstić information content (AvgIpc) is 2.84. The minimum absolute atomic E-state index is 0.258. The van der Waals surface area contributed by atoms with Gasteiger partial charge in [0.05, 0.1) is 0 Å². The van der Waals surface area contributed by atoms with Crippen LogP contribution in [0.15, 0.2) is 67.0 Å². The van der Waals surface area contributed by atoms with Gasteiger partial charge in [0.25, 0.3) is 5.60 Å². The Hall–Kier alpha value is -2.66. The number of piperazine rings is 1. The van der Waals surface area contributed by atoms with Crippen LogP contribution >= 0.6 is 11.6 Å². The zero-order chi connectivity index (χ0) is 26.8. The molecular formula is C26H24ClF6N3O. The van der Waals surface area contributed by atoms with Gasteiger partial charge in [-0.2, -0.15) is 26.3 Å². The molecule has 37 heavy (non-hydrogen) atoms. The van der Waals surface area contributed by atoms with E-state index in [0.29, 0.717) is 24.2 Å². The molecule has 4 nitrogen and oxygen atoms in total. The Balaban J connectivity index is 1.41. The lowest BCUT2D eigenvalue weighted by Crippen LogP contribution is -2.53. The monoisotopic (exact) mass is 543 g/mol. The lowest BCUT2D eigenvalue weighted by molar-refractivity contribution is -0.376. The molecule has 1 aliphatic rings. The van der Waals surface area contributed by atoms with Crippen molar-refractivity contribution in [2.75, 3.05) is 26.2 Å². The van der Waals surface area contributed by atoms with Crippen LogP contribution in [0.1, 0.15) is 16.7 Å². The maximum absolute atomic E-state index is 13.2. The molecule has 0 atom stereocenters. The van der Waals surface area contributed by atoms with Crippen LogP contribution in [0.25, 0.3) is 11.1 Å². The summed E-state index contributed by atoms with van der Waals surface area (Å²) >= 11 is 6.08. The summed E-state index contributed by atoms with van der Waals surface area (Å²) in [7, 11) is 0. The maximum Gasteiger partial charge on any atom is 0.430 e. The van der Waals surface area contributed by atoms with Gasteiger partial charge in [0.1, 0.15) is 0 Å². The lowest BCUT2D eigenvalue weighted by Gasteiger charge is -2.34. The Morgan fingerprint density at radius 1 is 0.730 bits per heavy atom. The van der Waals surface area contributed by atoms with Crippen LogP contribution in [0.5, 0.6) is 0 Å². The zero-order valence-electron chi connectivity index (χ0n) is 19.5. The molecule has 3 aromatic rings. The molecule has 1 aliphatic heterocycles. The van der Waals surface area contributed by atoms with Crippen LogP contribution < -0.4 is 0 Å². The first-order valence-corrected chi connectivity index (χ1v) is 11.8. The first-order chi connectivity index (χ1) is 17.4. The van der Waals surface area contributed by atoms with Gasteiger partial charge in [0.2, 0.25) is 0 Å². The first-order valence-electron chi connectivity index (χ1n) is 11.5. The van der Waals surface area contributed by atoms with Crippen molar-refractivity contribution in [1.29, 1.82) is 0 Å². The summed E-state index contributed by atoms with van der Waals surface area (Å²) < 4.78 is 79.1. The zero-order valence-corrected chi connectivity index (χ0v) is 20.3. The minimum Gasteiger partial charge on any atom is -0.369 e. The molecule has 2 heterocycles. The average molecular weight is 544 g/mol. The molecule has 2 aromatic carbocycles. The quantitative estimate of drug-likeness (QED) is 0.385. The number of hydrogen-bond donors (Lipinski definition) is 1. The summed E-state index contributed by atoms with van der Waals surface area (Å²) in [6, 6.07) is 13.3. The largest absolute Gasteiger partial charge is 0.430 e. The van der Waals surface area contributed by atoms with Crippen LogP contribution in [-0.2, 0) is 18.7 Å². The Morgan fingerprint density at radius 2 is 1.22 bits per heavy atom. The number of nitrogens with zero attached hydrogens (tertiary/aromatic N) is 3. The lowest BCUT2D eigenvalue weighted by atomic mass is 9.90. The minimum atomic E-state index is -5.97. The number of benzene rings is 2. The predicted molar refractivity (Wildman–Crippen MR) is 128 cm³/mol. The summed E-state index contributed by atoms with van der Waals surface area (Å²) in [6.45, 7) is 5.20. The Bertz CT molecular complexity index is 1180. The van der Waals surface area contributed by atoms with Gasteiger partial charge in [-0.1, -0.05) is 48.0 Å². The standard InChI is InChI=1S/C26H24ClF6N3O/c27-23-15-21(24(37,25(28,29)30)26(31,32)33)5-6-22(23)20-3-1-18(2-4-20)16-35-11-13-36(14-12-35)17-19-7-9-34-10-8-19/h1-10,15,37H,11-14,16-17H2. The molecule has 0 unspecified atom stereocenters. The summed E-state index contributed by atoms with van der Waals surface area (Å²) in [5.41, 5.74) is -3.39. The van der Waals surface area contributed by atoms with E-state index in [2.05, 4.69) is 14.8 Å². The number of pyridine rings is 1. The van der Waals surface area contributed by atoms with Crippen molar-refractivity contribution in [2.24, 2.45) is 0 Å². The second-order valence-corrected chi connectivity index (χ2v) is 9.41. The topological polar surface area (TPSA) is 39.6 Å². The second kappa shape index (κ2) is 10.6. The van der Waals surface area contributed by atoms with E-state index >= 15 is 0 Å². The Kier molecular flexibility index (Phi) is 7.85. The van der Waals surface area contributed by atoms with Gasteiger partial charge in [-0.25, -0.2) is 0 Å². The van der Waals surface area contributed by atoms with Gasteiger partial charge in [-0.3, -0.25) is 14.8 Å². The van der Waals surface area contributed by atoms with Gasteiger partial charge in [-0.15, -0.1) is 0 Å². The SMILES string of the molecule is OC(c1ccc(-c2ccc(CN3CCN(Cc4ccncc4)CC3)cc2)c(Cl)c1)(C(F)(F)F)C(F)(F)F. The van der Waals surface area contributed by atoms with E-state index < -0.39 is 23.5 Å². The smallest absolute Gasteiger partial charge is 0.369 e. The van der Waals surface area contributed by atoms with Crippen molar-refractivity contribution in [3.63, 3.8) is 0 Å². The van der Waals surface area contributed by atoms with Crippen molar-refractivity contribution in [3.05, 3.63) is 88.7 Å². The predicted octanol–water partition coefficient (Wildman–Crippen LogP) is 6.03. The van der Waals surface area contributed by atoms with E-state index in [1.807, 2.05) is 24.3 Å². The van der Waals surface area contributed by atoms with Gasteiger partial charge in [0, 0.05) is 67.8 Å². The van der Waals surface area contributed by atoms with E-state index in [4.69, 9.17) is 11.6 Å². The van der Waals surface area contributed by atoms with Crippen LogP contribution in [0.4, 0.5) is 26.3 Å². The molecule has 1 fully saturated rings. The normalized spacial score (nSPS) is 16.2. The van der Waals surface area contributed by atoms with Crippen LogP contribution in [0.2, 0.25) is 5.02 Å². The van der Waals surface area contributed by atoms with Gasteiger partial charge < -0.3 is 5.11 Å². The highest BCUT2D eigenvalue weighted by molar-refractivity contribution is 6.33. The highest BCUT2D eigenvalue weighted by Gasteiger charge is 2.71. The summed E-state index contributed by atoms with van der Waals surface area (Å²) in [5.74, 6) is 0. The van der Waals surface area contributed by atoms with Crippen LogP contribution in [-0.4, -0.2) is 58.4 Å². The highest BCUT2D eigenvalue weighted by atomic mass is 35.5. The van der Waals surface area contributed by atoms with Crippen molar-refractivity contribution in [1.82, 2.24) is 14.8 Å². The van der Waals surface area contributed by atoms with E-state index in [1.165, 1.54) is 5.56 Å². The summed E-state index contributed by atoms with van der Waals surface area (Å²) in [4.78, 5) is 8.72. The van der Waals surface area contributed by atoms with Gasteiger partial charge in [-0.05, 0) is 34.9 Å². The molecule has 1 N–H and O–H groups in total. The number of aliphatic hydroxyl groups is 1. The van der Waals surface area contributed by atoms with E-state index in [1.54, 1.807) is 24.5 Å². The Morgan fingerprint density at radius 3 is 1.68 bits per heavy atom. The number of alkyl halides is 6. The molecule has 0 saturated carbocycles. The molecule has 0 amide bonds. The highest BCUT2D eigenvalue weighted by Crippen LogP contribution is 2.50. The van der Waals surface area contributed by atoms with E-state index in [-0.39, 0.29) is 10.6 Å². The molecule has 1 aromatic heterocycles. The molecule has 198 valence electrons. The fraction of sp³-hybridized carbons (Fsp3) is 0.346. The molecule has 0 radical (unpaired) electrons. The number of rotatable bonds is 6. The number of hydrogen-bond acceptors (Lipinski definition) is 4. The Labute approximate surface area is 215 Å². The molecule has 4 rings (SSSR count). The van der Waals surface area contributed by atoms with Crippen LogP contribution in [0.3, 0.4) is 0 Å². The van der Waals surface area contributed by atoms with Gasteiger partial charge >= 0.3 is 12.4 Å². The maximum atomic E-state index is 13.2. The summed E-state index contributed by atoms with van der Waals surface area (Å²) in [6.07, 6.45) is -8.38. The molecule has 11 heteroatoms. The number of aromatic nitrogens is 1. The fourth-order valence-corrected chi connectivity index (χ4v) is 4.65. The van der Waals surface area contributed by atoms with Crippen molar-refractivity contribution in [2.45, 2.75) is 31.0 Å². The van der Waals surface area contributed by atoms with Gasteiger partial charge in [0.15, 0.2) is 0 Å².